The first kappa shape index (κ1) is 21.1. The SMILES string of the molecule is Cc1ccc(OCc2c(C(=O)N3CCN(Cc4ccc(F)cc4)CC3)noc2C)cc1. The van der Waals surface area contributed by atoms with Crippen molar-refractivity contribution in [2.45, 2.75) is 27.0 Å². The van der Waals surface area contributed by atoms with E-state index in [-0.39, 0.29) is 18.3 Å². The number of hydrogen-bond acceptors (Lipinski definition) is 5. The summed E-state index contributed by atoms with van der Waals surface area (Å²) in [5.41, 5.74) is 3.21. The lowest BCUT2D eigenvalue weighted by molar-refractivity contribution is 0.0616. The molecule has 2 aromatic carbocycles. The van der Waals surface area contributed by atoms with Gasteiger partial charge in [0.15, 0.2) is 5.69 Å². The van der Waals surface area contributed by atoms with Gasteiger partial charge in [-0.05, 0) is 43.7 Å². The summed E-state index contributed by atoms with van der Waals surface area (Å²) in [4.78, 5) is 17.1. The second kappa shape index (κ2) is 9.31. The number of aromatic nitrogens is 1. The summed E-state index contributed by atoms with van der Waals surface area (Å²) < 4.78 is 24.2. The Labute approximate surface area is 181 Å². The van der Waals surface area contributed by atoms with Crippen molar-refractivity contribution in [2.75, 3.05) is 26.2 Å². The van der Waals surface area contributed by atoms with E-state index in [9.17, 15) is 9.18 Å². The van der Waals surface area contributed by atoms with Gasteiger partial charge < -0.3 is 14.2 Å². The third kappa shape index (κ3) is 5.11. The number of nitrogens with zero attached hydrogens (tertiary/aromatic N) is 3. The Kier molecular flexibility index (Phi) is 6.32. The first-order valence-corrected chi connectivity index (χ1v) is 10.4. The number of piperazine rings is 1. The van der Waals surface area contributed by atoms with Gasteiger partial charge in [0.2, 0.25) is 0 Å². The quantitative estimate of drug-likeness (QED) is 0.601. The van der Waals surface area contributed by atoms with Crippen LogP contribution in [0.25, 0.3) is 0 Å². The maximum atomic E-state index is 13.1. The molecule has 3 aromatic rings. The van der Waals surface area contributed by atoms with Crippen molar-refractivity contribution in [3.8, 4) is 5.75 Å². The first-order valence-electron chi connectivity index (χ1n) is 10.4. The number of carbonyl (C=O) groups excluding carboxylic acids is 1. The van der Waals surface area contributed by atoms with E-state index in [2.05, 4.69) is 10.1 Å². The van der Waals surface area contributed by atoms with Crippen LogP contribution in [0.4, 0.5) is 4.39 Å². The van der Waals surface area contributed by atoms with Crippen molar-refractivity contribution in [3.05, 3.63) is 82.5 Å². The number of benzene rings is 2. The molecule has 0 atom stereocenters. The zero-order valence-electron chi connectivity index (χ0n) is 17.8. The average molecular weight is 423 g/mol. The number of rotatable bonds is 6. The van der Waals surface area contributed by atoms with Gasteiger partial charge in [-0.15, -0.1) is 0 Å². The largest absolute Gasteiger partial charge is 0.489 e. The molecule has 0 unspecified atom stereocenters. The third-order valence-electron chi connectivity index (χ3n) is 5.57. The molecule has 6 nitrogen and oxygen atoms in total. The highest BCUT2D eigenvalue weighted by molar-refractivity contribution is 5.93. The molecule has 31 heavy (non-hydrogen) atoms. The number of halogens is 1. The summed E-state index contributed by atoms with van der Waals surface area (Å²) in [7, 11) is 0. The van der Waals surface area contributed by atoms with Gasteiger partial charge in [-0.2, -0.15) is 0 Å². The summed E-state index contributed by atoms with van der Waals surface area (Å²) in [6.45, 7) is 7.46. The highest BCUT2D eigenvalue weighted by atomic mass is 19.1. The summed E-state index contributed by atoms with van der Waals surface area (Å²) in [6.07, 6.45) is 0. The molecule has 1 aromatic heterocycles. The molecule has 162 valence electrons. The molecule has 0 spiro atoms. The normalized spacial score (nSPS) is 14.6. The fourth-order valence-corrected chi connectivity index (χ4v) is 3.63. The lowest BCUT2D eigenvalue weighted by Crippen LogP contribution is -2.48. The number of hydrogen-bond donors (Lipinski definition) is 0. The van der Waals surface area contributed by atoms with Crippen LogP contribution in [0.5, 0.6) is 5.75 Å². The van der Waals surface area contributed by atoms with E-state index in [1.54, 1.807) is 24.0 Å². The molecular formula is C24H26FN3O3. The zero-order chi connectivity index (χ0) is 21.8. The van der Waals surface area contributed by atoms with E-state index < -0.39 is 0 Å². The molecule has 7 heteroatoms. The molecule has 1 aliphatic rings. The smallest absolute Gasteiger partial charge is 0.276 e. The molecule has 0 bridgehead atoms. The molecule has 0 radical (unpaired) electrons. The van der Waals surface area contributed by atoms with Crippen molar-refractivity contribution in [3.63, 3.8) is 0 Å². The van der Waals surface area contributed by atoms with Crippen LogP contribution in [0.2, 0.25) is 0 Å². The fourth-order valence-electron chi connectivity index (χ4n) is 3.63. The van der Waals surface area contributed by atoms with E-state index in [0.717, 1.165) is 36.5 Å². The van der Waals surface area contributed by atoms with Gasteiger partial charge in [-0.25, -0.2) is 4.39 Å². The Morgan fingerprint density at radius 3 is 2.39 bits per heavy atom. The molecule has 4 rings (SSSR count). The van der Waals surface area contributed by atoms with Gasteiger partial charge >= 0.3 is 0 Å². The van der Waals surface area contributed by atoms with Gasteiger partial charge in [0.1, 0.15) is 23.9 Å². The van der Waals surface area contributed by atoms with E-state index in [1.807, 2.05) is 31.2 Å². The predicted molar refractivity (Wildman–Crippen MR) is 114 cm³/mol. The minimum absolute atomic E-state index is 0.138. The van der Waals surface area contributed by atoms with E-state index in [1.165, 1.54) is 12.1 Å². The first-order chi connectivity index (χ1) is 15.0. The number of amides is 1. The van der Waals surface area contributed by atoms with Gasteiger partial charge in [0.25, 0.3) is 5.91 Å². The van der Waals surface area contributed by atoms with Crippen LogP contribution >= 0.6 is 0 Å². The van der Waals surface area contributed by atoms with Gasteiger partial charge in [-0.1, -0.05) is 35.0 Å². The molecule has 1 amide bonds. The molecule has 0 N–H and O–H groups in total. The van der Waals surface area contributed by atoms with Gasteiger partial charge in [0, 0.05) is 32.7 Å². The van der Waals surface area contributed by atoms with E-state index in [0.29, 0.717) is 30.1 Å². The minimum Gasteiger partial charge on any atom is -0.489 e. The minimum atomic E-state index is -0.232. The molecule has 1 fully saturated rings. The molecule has 0 saturated carbocycles. The lowest BCUT2D eigenvalue weighted by Gasteiger charge is -2.34. The van der Waals surface area contributed by atoms with Crippen molar-refractivity contribution in [2.24, 2.45) is 0 Å². The van der Waals surface area contributed by atoms with Crippen molar-refractivity contribution in [1.29, 1.82) is 0 Å². The van der Waals surface area contributed by atoms with Crippen LogP contribution in [0, 0.1) is 19.7 Å². The number of carbonyl (C=O) groups is 1. The van der Waals surface area contributed by atoms with Crippen LogP contribution in [0.1, 0.15) is 32.9 Å². The Hall–Kier alpha value is -3.19. The average Bonchev–Trinajstić information content (AvgIpc) is 3.15. The fraction of sp³-hybridized carbons (Fsp3) is 0.333. The molecular weight excluding hydrogens is 397 g/mol. The topological polar surface area (TPSA) is 58.8 Å². The van der Waals surface area contributed by atoms with Crippen molar-refractivity contribution in [1.82, 2.24) is 15.0 Å². The molecule has 1 aliphatic heterocycles. The van der Waals surface area contributed by atoms with Crippen molar-refractivity contribution < 1.29 is 18.4 Å². The second-order valence-corrected chi connectivity index (χ2v) is 7.86. The highest BCUT2D eigenvalue weighted by Crippen LogP contribution is 2.20. The zero-order valence-corrected chi connectivity index (χ0v) is 17.8. The maximum Gasteiger partial charge on any atom is 0.276 e. The van der Waals surface area contributed by atoms with Crippen LogP contribution in [-0.4, -0.2) is 47.0 Å². The molecule has 0 aliphatic carbocycles. The second-order valence-electron chi connectivity index (χ2n) is 7.86. The summed E-state index contributed by atoms with van der Waals surface area (Å²) in [5, 5.41) is 4.02. The summed E-state index contributed by atoms with van der Waals surface area (Å²) in [6, 6.07) is 14.3. The number of aryl methyl sites for hydroxylation is 2. The van der Waals surface area contributed by atoms with Crippen LogP contribution in [0.3, 0.4) is 0 Å². The Morgan fingerprint density at radius 2 is 1.71 bits per heavy atom. The number of ether oxygens (including phenoxy) is 1. The van der Waals surface area contributed by atoms with Crippen molar-refractivity contribution >= 4 is 5.91 Å². The van der Waals surface area contributed by atoms with Crippen LogP contribution in [-0.2, 0) is 13.2 Å². The standard InChI is InChI=1S/C24H26FN3O3/c1-17-3-9-21(10-4-17)30-16-22-18(2)31-26-23(22)24(29)28-13-11-27(12-14-28)15-19-5-7-20(25)8-6-19/h3-10H,11-16H2,1-2H3. The highest BCUT2D eigenvalue weighted by Gasteiger charge is 2.28. The van der Waals surface area contributed by atoms with E-state index in [4.69, 9.17) is 9.26 Å². The van der Waals surface area contributed by atoms with E-state index >= 15 is 0 Å². The monoisotopic (exact) mass is 423 g/mol. The summed E-state index contributed by atoms with van der Waals surface area (Å²) >= 11 is 0. The van der Waals surface area contributed by atoms with Gasteiger partial charge in [-0.3, -0.25) is 9.69 Å². The summed E-state index contributed by atoms with van der Waals surface area (Å²) in [5.74, 6) is 0.953. The Balaban J connectivity index is 1.35. The van der Waals surface area contributed by atoms with Gasteiger partial charge in [0.05, 0.1) is 5.56 Å². The van der Waals surface area contributed by atoms with Crippen LogP contribution < -0.4 is 4.74 Å². The van der Waals surface area contributed by atoms with Crippen LogP contribution in [0.15, 0.2) is 53.1 Å². The maximum absolute atomic E-state index is 13.1. The molecule has 1 saturated heterocycles. The molecule has 2 heterocycles. The third-order valence-corrected chi connectivity index (χ3v) is 5.57. The Bertz CT molecular complexity index is 1020. The lowest BCUT2D eigenvalue weighted by atomic mass is 10.1. The predicted octanol–water partition coefficient (Wildman–Crippen LogP) is 3.97. The Morgan fingerprint density at radius 1 is 1.03 bits per heavy atom.